The number of nitrogens with one attached hydrogen (secondary N) is 1. The molecular weight excluding hydrogens is 356 g/mol. The summed E-state index contributed by atoms with van der Waals surface area (Å²) in [5.41, 5.74) is 7.90. The van der Waals surface area contributed by atoms with E-state index >= 15 is 0 Å². The Balaban J connectivity index is 1.63. The maximum atomic E-state index is 12.3. The molecule has 0 aliphatic heterocycles. The van der Waals surface area contributed by atoms with Gasteiger partial charge in [-0.3, -0.25) is 4.79 Å². The summed E-state index contributed by atoms with van der Waals surface area (Å²) >= 11 is 5.84. The summed E-state index contributed by atoms with van der Waals surface area (Å²) < 4.78 is 6.98. The number of amides is 1. The molecule has 0 unspecified atom stereocenters. The summed E-state index contributed by atoms with van der Waals surface area (Å²) in [4.78, 5) is 25.0. The van der Waals surface area contributed by atoms with Gasteiger partial charge in [0.15, 0.2) is 11.4 Å². The van der Waals surface area contributed by atoms with E-state index in [4.69, 9.17) is 21.8 Å². The van der Waals surface area contributed by atoms with E-state index in [1.165, 1.54) is 12.6 Å². The van der Waals surface area contributed by atoms with Crippen LogP contribution in [0.3, 0.4) is 0 Å². The van der Waals surface area contributed by atoms with Crippen molar-refractivity contribution in [3.05, 3.63) is 54.0 Å². The molecule has 0 bridgehead atoms. The lowest BCUT2D eigenvalue weighted by Gasteiger charge is -2.07. The zero-order valence-corrected chi connectivity index (χ0v) is 14.1. The van der Waals surface area contributed by atoms with Gasteiger partial charge in [0.2, 0.25) is 11.9 Å². The molecule has 3 heterocycles. The smallest absolute Gasteiger partial charge is 0.244 e. The van der Waals surface area contributed by atoms with Crippen LogP contribution >= 0.6 is 11.6 Å². The number of nitrogens with zero attached hydrogens (tertiary/aromatic N) is 4. The molecule has 4 rings (SSSR count). The first-order valence-corrected chi connectivity index (χ1v) is 8.05. The molecule has 26 heavy (non-hydrogen) atoms. The highest BCUT2D eigenvalue weighted by atomic mass is 35.5. The van der Waals surface area contributed by atoms with Gasteiger partial charge >= 0.3 is 0 Å². The molecule has 0 spiro atoms. The highest BCUT2D eigenvalue weighted by Crippen LogP contribution is 2.26. The van der Waals surface area contributed by atoms with Gasteiger partial charge in [-0.2, -0.15) is 4.98 Å². The Bertz CT molecular complexity index is 1070. The van der Waals surface area contributed by atoms with E-state index in [1.54, 1.807) is 41.0 Å². The Hall–Kier alpha value is -3.39. The average molecular weight is 369 g/mol. The van der Waals surface area contributed by atoms with E-state index < -0.39 is 0 Å². The number of nitrogen functional groups attached to an aromatic ring is 1. The molecule has 0 aliphatic carbocycles. The van der Waals surface area contributed by atoms with Gasteiger partial charge in [0, 0.05) is 10.7 Å². The average Bonchev–Trinajstić information content (AvgIpc) is 3.27. The van der Waals surface area contributed by atoms with Crippen molar-refractivity contribution in [3.8, 4) is 11.5 Å². The summed E-state index contributed by atoms with van der Waals surface area (Å²) in [6.07, 6.45) is 3.06. The van der Waals surface area contributed by atoms with Crippen LogP contribution in [0.4, 0.5) is 11.6 Å². The van der Waals surface area contributed by atoms with Gasteiger partial charge < -0.3 is 20.0 Å². The van der Waals surface area contributed by atoms with Crippen molar-refractivity contribution in [3.63, 3.8) is 0 Å². The second-order valence-corrected chi connectivity index (χ2v) is 5.94. The van der Waals surface area contributed by atoms with Crippen molar-refractivity contribution in [1.29, 1.82) is 0 Å². The first-order chi connectivity index (χ1) is 12.6. The minimum absolute atomic E-state index is 0.0210. The lowest BCUT2D eigenvalue weighted by atomic mass is 10.3. The predicted octanol–water partition coefficient (Wildman–Crippen LogP) is 2.96. The Labute approximate surface area is 152 Å². The maximum Gasteiger partial charge on any atom is 0.244 e. The quantitative estimate of drug-likeness (QED) is 0.572. The Morgan fingerprint density at radius 3 is 2.77 bits per heavy atom. The maximum absolute atomic E-state index is 12.3. The number of carbonyl (C=O) groups is 1. The lowest BCUT2D eigenvalue weighted by molar-refractivity contribution is -0.116. The Kier molecular flexibility index (Phi) is 4.02. The summed E-state index contributed by atoms with van der Waals surface area (Å²) in [6, 6.07) is 10.4. The van der Waals surface area contributed by atoms with Crippen LogP contribution in [0.5, 0.6) is 0 Å². The summed E-state index contributed by atoms with van der Waals surface area (Å²) in [6.45, 7) is 0.0210. The fraction of sp³-hybridized carbons (Fsp3) is 0.0588. The van der Waals surface area contributed by atoms with Crippen LogP contribution in [0, 0.1) is 0 Å². The second kappa shape index (κ2) is 6.49. The van der Waals surface area contributed by atoms with E-state index in [9.17, 15) is 4.79 Å². The van der Waals surface area contributed by atoms with E-state index in [0.717, 1.165) is 0 Å². The number of hydrogen-bond donors (Lipinski definition) is 2. The number of halogens is 1. The number of imidazole rings is 1. The number of nitrogens with two attached hydrogens (primary N) is 1. The highest BCUT2D eigenvalue weighted by Gasteiger charge is 2.17. The number of hydrogen-bond acceptors (Lipinski definition) is 6. The van der Waals surface area contributed by atoms with Crippen molar-refractivity contribution in [2.45, 2.75) is 6.54 Å². The lowest BCUT2D eigenvalue weighted by Crippen LogP contribution is -2.18. The van der Waals surface area contributed by atoms with Crippen molar-refractivity contribution in [1.82, 2.24) is 19.5 Å². The molecular formula is C17H13ClN6O2. The molecule has 1 amide bonds. The SMILES string of the molecule is Nc1nc(-c2ccco2)c2ncn(CC(=O)Nc3ccc(Cl)cc3)c2n1. The van der Waals surface area contributed by atoms with Gasteiger partial charge in [0.1, 0.15) is 17.8 Å². The molecule has 0 fully saturated rings. The molecule has 0 radical (unpaired) electrons. The van der Waals surface area contributed by atoms with Gasteiger partial charge in [0.05, 0.1) is 12.6 Å². The van der Waals surface area contributed by atoms with Crippen LogP contribution in [0.2, 0.25) is 5.02 Å². The minimum Gasteiger partial charge on any atom is -0.463 e. The molecule has 0 aliphatic rings. The molecule has 3 aromatic heterocycles. The van der Waals surface area contributed by atoms with Gasteiger partial charge in [-0.15, -0.1) is 0 Å². The highest BCUT2D eigenvalue weighted by molar-refractivity contribution is 6.30. The molecule has 9 heteroatoms. The topological polar surface area (TPSA) is 112 Å². The summed E-state index contributed by atoms with van der Waals surface area (Å²) in [5, 5.41) is 3.39. The number of furan rings is 1. The molecule has 3 N–H and O–H groups in total. The van der Waals surface area contributed by atoms with Crippen molar-refractivity contribution >= 4 is 40.3 Å². The number of carbonyl (C=O) groups excluding carboxylic acids is 1. The minimum atomic E-state index is -0.233. The number of fused-ring (bicyclic) bond motifs is 1. The zero-order chi connectivity index (χ0) is 18.1. The van der Waals surface area contributed by atoms with E-state index in [0.29, 0.717) is 33.3 Å². The Morgan fingerprint density at radius 1 is 1.23 bits per heavy atom. The zero-order valence-electron chi connectivity index (χ0n) is 13.4. The van der Waals surface area contributed by atoms with Gasteiger partial charge in [0.25, 0.3) is 0 Å². The number of rotatable bonds is 4. The van der Waals surface area contributed by atoms with Gasteiger partial charge in [-0.1, -0.05) is 11.6 Å². The van der Waals surface area contributed by atoms with E-state index in [1.807, 2.05) is 0 Å². The summed E-state index contributed by atoms with van der Waals surface area (Å²) in [7, 11) is 0. The van der Waals surface area contributed by atoms with Crippen molar-refractivity contribution in [2.24, 2.45) is 0 Å². The molecule has 0 atom stereocenters. The van der Waals surface area contributed by atoms with Crippen LogP contribution in [-0.2, 0) is 11.3 Å². The van der Waals surface area contributed by atoms with Gasteiger partial charge in [-0.05, 0) is 36.4 Å². The summed E-state index contributed by atoms with van der Waals surface area (Å²) in [5.74, 6) is 0.368. The van der Waals surface area contributed by atoms with Crippen molar-refractivity contribution in [2.75, 3.05) is 11.1 Å². The largest absolute Gasteiger partial charge is 0.463 e. The molecule has 1 aromatic carbocycles. The van der Waals surface area contributed by atoms with Crippen LogP contribution in [0.15, 0.2) is 53.4 Å². The van der Waals surface area contributed by atoms with Crippen LogP contribution in [-0.4, -0.2) is 25.4 Å². The number of anilines is 2. The number of aromatic nitrogens is 4. The normalized spacial score (nSPS) is 11.0. The fourth-order valence-corrected chi connectivity index (χ4v) is 2.68. The fourth-order valence-electron chi connectivity index (χ4n) is 2.55. The molecule has 0 saturated heterocycles. The van der Waals surface area contributed by atoms with E-state index in [2.05, 4.69) is 20.3 Å². The second-order valence-electron chi connectivity index (χ2n) is 5.51. The monoisotopic (exact) mass is 368 g/mol. The predicted molar refractivity (Wildman–Crippen MR) is 97.5 cm³/mol. The molecule has 0 saturated carbocycles. The van der Waals surface area contributed by atoms with Crippen LogP contribution < -0.4 is 11.1 Å². The molecule has 4 aromatic rings. The third-order valence-corrected chi connectivity index (χ3v) is 3.93. The standard InChI is InChI=1S/C17H13ClN6O2/c18-10-3-5-11(6-4-10)21-13(25)8-24-9-20-15-14(12-2-1-7-26-12)22-17(19)23-16(15)24/h1-7,9H,8H2,(H,21,25)(H2,19,22,23). The van der Waals surface area contributed by atoms with E-state index in [-0.39, 0.29) is 18.4 Å². The third kappa shape index (κ3) is 3.09. The molecule has 8 nitrogen and oxygen atoms in total. The van der Waals surface area contributed by atoms with Crippen molar-refractivity contribution < 1.29 is 9.21 Å². The third-order valence-electron chi connectivity index (χ3n) is 3.68. The van der Waals surface area contributed by atoms with Crippen LogP contribution in [0.25, 0.3) is 22.6 Å². The van der Waals surface area contributed by atoms with Crippen LogP contribution in [0.1, 0.15) is 0 Å². The number of benzene rings is 1. The Morgan fingerprint density at radius 2 is 2.04 bits per heavy atom. The first kappa shape index (κ1) is 16.1. The van der Waals surface area contributed by atoms with Gasteiger partial charge in [-0.25, -0.2) is 9.97 Å². The molecule has 130 valence electrons. The first-order valence-electron chi connectivity index (χ1n) is 7.68.